The largest absolute Gasteiger partial charge is 0.103 e. The van der Waals surface area contributed by atoms with E-state index in [4.69, 9.17) is 0 Å². The molecule has 0 aliphatic carbocycles. The molecule has 0 amide bonds. The van der Waals surface area contributed by atoms with Crippen LogP contribution in [0.5, 0.6) is 0 Å². The quantitative estimate of drug-likeness (QED) is 0.533. The van der Waals surface area contributed by atoms with Gasteiger partial charge in [-0.2, -0.15) is 0 Å². The fourth-order valence-electron chi connectivity index (χ4n) is 1.25. The SMILES string of the molecule is C=CCCC(C)C=CC(C)C(C)=CC. The molecule has 0 saturated carbocycles. The summed E-state index contributed by atoms with van der Waals surface area (Å²) >= 11 is 0. The topological polar surface area (TPSA) is 0 Å². The van der Waals surface area contributed by atoms with Crippen LogP contribution in [0.3, 0.4) is 0 Å². The van der Waals surface area contributed by atoms with E-state index in [1.165, 1.54) is 12.0 Å². The smallest absolute Gasteiger partial charge is 0.00544 e. The zero-order valence-corrected chi connectivity index (χ0v) is 10.1. The first-order valence-electron chi connectivity index (χ1n) is 5.53. The van der Waals surface area contributed by atoms with Crippen molar-refractivity contribution in [1.29, 1.82) is 0 Å². The lowest BCUT2D eigenvalue weighted by molar-refractivity contribution is 0.651. The first-order chi connectivity index (χ1) is 6.61. The second-order valence-corrected chi connectivity index (χ2v) is 4.05. The van der Waals surface area contributed by atoms with Crippen LogP contribution in [-0.2, 0) is 0 Å². The summed E-state index contributed by atoms with van der Waals surface area (Å²) in [7, 11) is 0. The highest BCUT2D eigenvalue weighted by atomic mass is 14.1. The van der Waals surface area contributed by atoms with Gasteiger partial charge in [0.1, 0.15) is 0 Å². The van der Waals surface area contributed by atoms with Crippen LogP contribution in [0.1, 0.15) is 40.5 Å². The molecule has 2 atom stereocenters. The Morgan fingerprint density at radius 3 is 2.43 bits per heavy atom. The van der Waals surface area contributed by atoms with Gasteiger partial charge in [0.2, 0.25) is 0 Å². The van der Waals surface area contributed by atoms with Crippen molar-refractivity contribution >= 4 is 0 Å². The molecule has 0 aliphatic rings. The van der Waals surface area contributed by atoms with E-state index < -0.39 is 0 Å². The van der Waals surface area contributed by atoms with E-state index in [0.717, 1.165) is 6.42 Å². The zero-order valence-electron chi connectivity index (χ0n) is 10.1. The lowest BCUT2D eigenvalue weighted by atomic mass is 9.98. The summed E-state index contributed by atoms with van der Waals surface area (Å²) in [5.74, 6) is 1.24. The molecule has 0 aromatic heterocycles. The van der Waals surface area contributed by atoms with Gasteiger partial charge in [0.25, 0.3) is 0 Å². The van der Waals surface area contributed by atoms with Gasteiger partial charge in [-0.1, -0.05) is 43.7 Å². The minimum Gasteiger partial charge on any atom is -0.103 e. The highest BCUT2D eigenvalue weighted by Gasteiger charge is 1.99. The molecule has 0 aromatic carbocycles. The number of hydrogen-bond acceptors (Lipinski definition) is 0. The third kappa shape index (κ3) is 5.80. The fourth-order valence-corrected chi connectivity index (χ4v) is 1.25. The van der Waals surface area contributed by atoms with Crippen molar-refractivity contribution < 1.29 is 0 Å². The average Bonchev–Trinajstić information content (AvgIpc) is 2.21. The van der Waals surface area contributed by atoms with Gasteiger partial charge in [0, 0.05) is 0 Å². The van der Waals surface area contributed by atoms with Gasteiger partial charge in [-0.15, -0.1) is 6.58 Å². The number of hydrogen-bond donors (Lipinski definition) is 0. The summed E-state index contributed by atoms with van der Waals surface area (Å²) in [6.07, 6.45) is 11.1. The molecule has 0 rings (SSSR count). The zero-order chi connectivity index (χ0) is 11.0. The Kier molecular flexibility index (Phi) is 7.18. The van der Waals surface area contributed by atoms with Gasteiger partial charge in [0.05, 0.1) is 0 Å². The van der Waals surface area contributed by atoms with Crippen LogP contribution in [0.25, 0.3) is 0 Å². The Hall–Kier alpha value is -0.780. The lowest BCUT2D eigenvalue weighted by Crippen LogP contribution is -1.94. The minimum atomic E-state index is 0.575. The Labute approximate surface area is 89.4 Å². The molecule has 14 heavy (non-hydrogen) atoms. The van der Waals surface area contributed by atoms with E-state index in [2.05, 4.69) is 52.5 Å². The predicted octanol–water partition coefficient (Wildman–Crippen LogP) is 4.75. The molecule has 0 heterocycles. The maximum atomic E-state index is 3.74. The molecule has 0 fully saturated rings. The fraction of sp³-hybridized carbons (Fsp3) is 0.571. The molecule has 0 bridgehead atoms. The molecule has 0 radical (unpaired) electrons. The van der Waals surface area contributed by atoms with Gasteiger partial charge in [-0.25, -0.2) is 0 Å². The first-order valence-corrected chi connectivity index (χ1v) is 5.53. The normalized spacial score (nSPS) is 17.0. The van der Waals surface area contributed by atoms with Crippen molar-refractivity contribution in [1.82, 2.24) is 0 Å². The summed E-state index contributed by atoms with van der Waals surface area (Å²) in [4.78, 5) is 0. The molecule has 0 heteroatoms. The van der Waals surface area contributed by atoms with Crippen molar-refractivity contribution in [2.75, 3.05) is 0 Å². The van der Waals surface area contributed by atoms with Gasteiger partial charge in [0.15, 0.2) is 0 Å². The lowest BCUT2D eigenvalue weighted by Gasteiger charge is -2.08. The monoisotopic (exact) mass is 192 g/mol. The van der Waals surface area contributed by atoms with E-state index in [1.54, 1.807) is 0 Å². The molecule has 0 aromatic rings. The van der Waals surface area contributed by atoms with Crippen molar-refractivity contribution in [2.24, 2.45) is 11.8 Å². The second kappa shape index (κ2) is 7.61. The maximum absolute atomic E-state index is 3.74. The highest BCUT2D eigenvalue weighted by Crippen LogP contribution is 2.14. The van der Waals surface area contributed by atoms with Crippen LogP contribution >= 0.6 is 0 Å². The molecule has 0 N–H and O–H groups in total. The first kappa shape index (κ1) is 13.2. The summed E-state index contributed by atoms with van der Waals surface area (Å²) in [6.45, 7) is 12.5. The second-order valence-electron chi connectivity index (χ2n) is 4.05. The van der Waals surface area contributed by atoms with Crippen molar-refractivity contribution in [3.8, 4) is 0 Å². The maximum Gasteiger partial charge on any atom is -0.00544 e. The van der Waals surface area contributed by atoms with Crippen molar-refractivity contribution in [3.05, 3.63) is 36.5 Å². The van der Waals surface area contributed by atoms with Crippen LogP contribution in [0.2, 0.25) is 0 Å². The van der Waals surface area contributed by atoms with Gasteiger partial charge >= 0.3 is 0 Å². The Morgan fingerprint density at radius 1 is 1.29 bits per heavy atom. The molecule has 0 spiro atoms. The van der Waals surface area contributed by atoms with E-state index in [1.807, 2.05) is 6.08 Å². The Balaban J connectivity index is 3.96. The molecule has 80 valence electrons. The van der Waals surface area contributed by atoms with E-state index in [9.17, 15) is 0 Å². The Morgan fingerprint density at radius 2 is 1.93 bits per heavy atom. The highest BCUT2D eigenvalue weighted by molar-refractivity contribution is 5.09. The van der Waals surface area contributed by atoms with Crippen LogP contribution in [0.4, 0.5) is 0 Å². The van der Waals surface area contributed by atoms with Crippen molar-refractivity contribution in [2.45, 2.75) is 40.5 Å². The predicted molar refractivity (Wildman–Crippen MR) is 66.3 cm³/mol. The third-order valence-electron chi connectivity index (χ3n) is 2.73. The third-order valence-corrected chi connectivity index (χ3v) is 2.73. The minimum absolute atomic E-state index is 0.575. The molecule has 2 unspecified atom stereocenters. The van der Waals surface area contributed by atoms with Crippen LogP contribution in [-0.4, -0.2) is 0 Å². The molecule has 0 aliphatic heterocycles. The summed E-state index contributed by atoms with van der Waals surface area (Å²) in [5, 5.41) is 0. The average molecular weight is 192 g/mol. The van der Waals surface area contributed by atoms with Gasteiger partial charge in [-0.3, -0.25) is 0 Å². The number of allylic oxidation sites excluding steroid dienone is 5. The molecule has 0 nitrogen and oxygen atoms in total. The summed E-state index contributed by atoms with van der Waals surface area (Å²) < 4.78 is 0. The van der Waals surface area contributed by atoms with Crippen molar-refractivity contribution in [3.63, 3.8) is 0 Å². The van der Waals surface area contributed by atoms with Gasteiger partial charge < -0.3 is 0 Å². The molecular weight excluding hydrogens is 168 g/mol. The van der Waals surface area contributed by atoms with E-state index in [-0.39, 0.29) is 0 Å². The van der Waals surface area contributed by atoms with E-state index in [0.29, 0.717) is 11.8 Å². The van der Waals surface area contributed by atoms with E-state index >= 15 is 0 Å². The standard InChI is InChI=1S/C14H24/c1-6-8-9-12(3)10-11-14(5)13(4)7-2/h6-7,10-12,14H,1,8-9H2,2-5H3. The molecule has 0 saturated heterocycles. The summed E-state index contributed by atoms with van der Waals surface area (Å²) in [6, 6.07) is 0. The molecular formula is C14H24. The number of rotatable bonds is 6. The van der Waals surface area contributed by atoms with Crippen LogP contribution < -0.4 is 0 Å². The Bertz CT molecular complexity index is 208. The van der Waals surface area contributed by atoms with Crippen LogP contribution in [0.15, 0.2) is 36.5 Å². The summed E-state index contributed by atoms with van der Waals surface area (Å²) in [5.41, 5.74) is 1.44. The van der Waals surface area contributed by atoms with Gasteiger partial charge in [-0.05, 0) is 38.5 Å². The van der Waals surface area contributed by atoms with Crippen LogP contribution in [0, 0.1) is 11.8 Å².